The normalized spacial score (nSPS) is 14.4. The van der Waals surface area contributed by atoms with Crippen molar-refractivity contribution in [1.82, 2.24) is 0 Å². The van der Waals surface area contributed by atoms with E-state index in [2.05, 4.69) is 6.07 Å². The number of carbonyl (C=O) groups excluding carboxylic acids is 1. The molecule has 2 N–H and O–H groups in total. The number of nitriles is 1. The Labute approximate surface area is 222 Å². The average molecular weight is 511 g/mol. The number of ether oxygens (including phenoxy) is 4. The van der Waals surface area contributed by atoms with Crippen LogP contribution in [0.2, 0.25) is 0 Å². The van der Waals surface area contributed by atoms with Gasteiger partial charge < -0.3 is 24.7 Å². The van der Waals surface area contributed by atoms with Crippen LogP contribution < -0.4 is 24.7 Å². The Morgan fingerprint density at radius 2 is 1.84 bits per heavy atom. The number of rotatable bonds is 9. The van der Waals surface area contributed by atoms with Gasteiger partial charge in [-0.05, 0) is 55.7 Å². The Bertz CT molecular complexity index is 1420. The summed E-state index contributed by atoms with van der Waals surface area (Å²) in [6.07, 6.45) is 3.93. The summed E-state index contributed by atoms with van der Waals surface area (Å²) in [6, 6.07) is 20.6. The number of carbonyl (C=O) groups is 1. The van der Waals surface area contributed by atoms with Crippen molar-refractivity contribution < 1.29 is 23.7 Å². The summed E-state index contributed by atoms with van der Waals surface area (Å²) in [7, 11) is 0. The van der Waals surface area contributed by atoms with Crippen LogP contribution in [0.5, 0.6) is 23.0 Å². The van der Waals surface area contributed by atoms with Gasteiger partial charge in [0.05, 0.1) is 19.1 Å². The number of allylic oxidation sites excluding steroid dienone is 1. The summed E-state index contributed by atoms with van der Waals surface area (Å²) in [5, 5.41) is 9.90. The first kappa shape index (κ1) is 26.4. The minimum Gasteiger partial charge on any atom is -0.490 e. The smallest absolute Gasteiger partial charge is 0.336 e. The van der Waals surface area contributed by atoms with Gasteiger partial charge in [0.15, 0.2) is 11.5 Å². The maximum Gasteiger partial charge on any atom is 0.336 e. The fourth-order valence-electron chi connectivity index (χ4n) is 4.14. The van der Waals surface area contributed by atoms with Gasteiger partial charge in [0.25, 0.3) is 0 Å². The monoisotopic (exact) mass is 510 g/mol. The summed E-state index contributed by atoms with van der Waals surface area (Å²) in [5.41, 5.74) is 9.99. The SMILES string of the molecule is CCCOc1ccc(C2C(C#N)=C(N)Oc3cc(OC(=O)/C=C/c4ccc(C)cc4)ccc32)cc1OCC. The van der Waals surface area contributed by atoms with E-state index in [0.717, 1.165) is 28.7 Å². The molecule has 0 saturated carbocycles. The van der Waals surface area contributed by atoms with E-state index in [4.69, 9.17) is 24.7 Å². The van der Waals surface area contributed by atoms with Crippen LogP contribution in [0.3, 0.4) is 0 Å². The highest BCUT2D eigenvalue weighted by Crippen LogP contribution is 2.45. The molecule has 0 bridgehead atoms. The molecule has 1 aliphatic heterocycles. The number of aryl methyl sites for hydroxylation is 1. The molecular weight excluding hydrogens is 480 g/mol. The van der Waals surface area contributed by atoms with Crippen LogP contribution in [0.25, 0.3) is 6.08 Å². The van der Waals surface area contributed by atoms with Crippen molar-refractivity contribution in [2.75, 3.05) is 13.2 Å². The zero-order valence-corrected chi connectivity index (χ0v) is 21.7. The van der Waals surface area contributed by atoms with Gasteiger partial charge in [-0.2, -0.15) is 5.26 Å². The number of hydrogen-bond acceptors (Lipinski definition) is 7. The Balaban J connectivity index is 1.62. The molecule has 4 rings (SSSR count). The number of hydrogen-bond donors (Lipinski definition) is 1. The molecule has 1 unspecified atom stereocenters. The predicted octanol–water partition coefficient (Wildman–Crippen LogP) is 6.02. The molecule has 0 aromatic heterocycles. The second-order valence-corrected chi connectivity index (χ2v) is 8.78. The zero-order chi connectivity index (χ0) is 27.1. The topological polar surface area (TPSA) is 104 Å². The van der Waals surface area contributed by atoms with Crippen molar-refractivity contribution in [2.24, 2.45) is 5.73 Å². The number of fused-ring (bicyclic) bond motifs is 1. The van der Waals surface area contributed by atoms with Crippen LogP contribution >= 0.6 is 0 Å². The molecule has 0 aliphatic carbocycles. The van der Waals surface area contributed by atoms with Gasteiger partial charge in [-0.1, -0.05) is 48.9 Å². The molecule has 1 atom stereocenters. The number of benzene rings is 3. The summed E-state index contributed by atoms with van der Waals surface area (Å²) < 4.78 is 22.9. The van der Waals surface area contributed by atoms with Crippen LogP contribution in [-0.4, -0.2) is 19.2 Å². The first-order chi connectivity index (χ1) is 18.4. The van der Waals surface area contributed by atoms with Gasteiger partial charge in [0.2, 0.25) is 5.88 Å². The molecule has 0 spiro atoms. The summed E-state index contributed by atoms with van der Waals surface area (Å²) in [6.45, 7) is 6.97. The molecule has 0 fully saturated rings. The standard InChI is InChI=1S/C31H30N2O5/c1-4-16-36-26-14-11-22(17-28(26)35-5-2)30-24-13-12-23(18-27(24)38-31(33)25(30)19-32)37-29(34)15-10-21-8-6-20(3)7-9-21/h6-15,17-18,30H,4-5,16,33H2,1-3H3/b15-10+. The Morgan fingerprint density at radius 3 is 2.55 bits per heavy atom. The molecule has 3 aromatic carbocycles. The third-order valence-corrected chi connectivity index (χ3v) is 5.96. The second kappa shape index (κ2) is 12.0. The van der Waals surface area contributed by atoms with Crippen molar-refractivity contribution in [2.45, 2.75) is 33.1 Å². The Morgan fingerprint density at radius 1 is 1.05 bits per heavy atom. The van der Waals surface area contributed by atoms with Gasteiger partial charge in [-0.25, -0.2) is 4.79 Å². The molecule has 1 aliphatic rings. The fourth-order valence-corrected chi connectivity index (χ4v) is 4.14. The molecule has 0 amide bonds. The number of esters is 1. The first-order valence-electron chi connectivity index (χ1n) is 12.5. The second-order valence-electron chi connectivity index (χ2n) is 8.78. The summed E-state index contributed by atoms with van der Waals surface area (Å²) in [5.74, 6) is 0.917. The van der Waals surface area contributed by atoms with E-state index < -0.39 is 11.9 Å². The molecule has 1 heterocycles. The van der Waals surface area contributed by atoms with E-state index >= 15 is 0 Å². The molecule has 38 heavy (non-hydrogen) atoms. The minimum absolute atomic E-state index is 0.00277. The lowest BCUT2D eigenvalue weighted by Gasteiger charge is -2.27. The van der Waals surface area contributed by atoms with Gasteiger partial charge in [-0.3, -0.25) is 0 Å². The molecule has 3 aromatic rings. The predicted molar refractivity (Wildman–Crippen MR) is 145 cm³/mol. The highest BCUT2D eigenvalue weighted by Gasteiger charge is 2.31. The highest BCUT2D eigenvalue weighted by molar-refractivity contribution is 5.88. The third-order valence-electron chi connectivity index (χ3n) is 5.96. The van der Waals surface area contributed by atoms with Crippen molar-refractivity contribution in [3.8, 4) is 29.1 Å². The maximum atomic E-state index is 12.4. The van der Waals surface area contributed by atoms with Crippen molar-refractivity contribution in [3.05, 3.63) is 100 Å². The van der Waals surface area contributed by atoms with Crippen LogP contribution in [0.15, 0.2) is 78.2 Å². The van der Waals surface area contributed by atoms with Gasteiger partial charge in [-0.15, -0.1) is 0 Å². The van der Waals surface area contributed by atoms with Crippen LogP contribution in [0.4, 0.5) is 0 Å². The van der Waals surface area contributed by atoms with Gasteiger partial charge in [0, 0.05) is 17.7 Å². The first-order valence-corrected chi connectivity index (χ1v) is 12.5. The molecule has 0 radical (unpaired) electrons. The van der Waals surface area contributed by atoms with E-state index in [9.17, 15) is 10.1 Å². The highest BCUT2D eigenvalue weighted by atomic mass is 16.5. The van der Waals surface area contributed by atoms with Crippen molar-refractivity contribution in [1.29, 1.82) is 5.26 Å². The number of nitrogens with zero attached hydrogens (tertiary/aromatic N) is 1. The molecule has 194 valence electrons. The lowest BCUT2D eigenvalue weighted by Crippen LogP contribution is -2.21. The van der Waals surface area contributed by atoms with Crippen LogP contribution in [0.1, 0.15) is 48.4 Å². The summed E-state index contributed by atoms with van der Waals surface area (Å²) >= 11 is 0. The molecule has 7 nitrogen and oxygen atoms in total. The molecular formula is C31H30N2O5. The van der Waals surface area contributed by atoms with E-state index in [1.165, 1.54) is 6.08 Å². The largest absolute Gasteiger partial charge is 0.490 e. The lowest BCUT2D eigenvalue weighted by molar-refractivity contribution is -0.128. The van der Waals surface area contributed by atoms with E-state index in [1.807, 2.05) is 63.2 Å². The molecule has 0 saturated heterocycles. The number of nitrogens with two attached hydrogens (primary N) is 1. The average Bonchev–Trinajstić information content (AvgIpc) is 2.91. The Kier molecular flexibility index (Phi) is 8.34. The van der Waals surface area contributed by atoms with Crippen molar-refractivity contribution >= 4 is 12.0 Å². The minimum atomic E-state index is -0.525. The van der Waals surface area contributed by atoms with E-state index in [0.29, 0.717) is 36.2 Å². The van der Waals surface area contributed by atoms with Gasteiger partial charge in [0.1, 0.15) is 23.1 Å². The van der Waals surface area contributed by atoms with Gasteiger partial charge >= 0.3 is 5.97 Å². The Hall–Kier alpha value is -4.70. The lowest BCUT2D eigenvalue weighted by atomic mass is 9.83. The van der Waals surface area contributed by atoms with Crippen LogP contribution in [0, 0.1) is 18.3 Å². The quantitative estimate of drug-likeness (QED) is 0.213. The van der Waals surface area contributed by atoms with Crippen molar-refractivity contribution in [3.63, 3.8) is 0 Å². The maximum absolute atomic E-state index is 12.4. The molecule has 7 heteroatoms. The van der Waals surface area contributed by atoms with E-state index in [-0.39, 0.29) is 11.5 Å². The van der Waals surface area contributed by atoms with Crippen LogP contribution in [-0.2, 0) is 4.79 Å². The summed E-state index contributed by atoms with van der Waals surface area (Å²) in [4.78, 5) is 12.4. The zero-order valence-electron chi connectivity index (χ0n) is 21.7. The fraction of sp³-hybridized carbons (Fsp3) is 0.226. The van der Waals surface area contributed by atoms with E-state index in [1.54, 1.807) is 24.3 Å². The third kappa shape index (κ3) is 5.98.